The van der Waals surface area contributed by atoms with E-state index in [4.69, 9.17) is 5.11 Å². The molecule has 6 heteroatoms. The molecule has 1 aromatic rings. The van der Waals surface area contributed by atoms with E-state index >= 15 is 0 Å². The summed E-state index contributed by atoms with van der Waals surface area (Å²) in [6.45, 7) is 2.81. The molecule has 2 heterocycles. The summed E-state index contributed by atoms with van der Waals surface area (Å²) in [7, 11) is 0. The van der Waals surface area contributed by atoms with Gasteiger partial charge in [-0.2, -0.15) is 0 Å². The maximum atomic E-state index is 14.0. The molecule has 18 heavy (non-hydrogen) atoms. The van der Waals surface area contributed by atoms with Crippen LogP contribution in [0.5, 0.6) is 0 Å². The van der Waals surface area contributed by atoms with Crippen LogP contribution in [-0.4, -0.2) is 40.4 Å². The minimum atomic E-state index is -1.30. The lowest BCUT2D eigenvalue weighted by Gasteiger charge is -2.35. The monoisotopic (exact) mass is 254 g/mol. The number of hydrogen-bond donors (Lipinski definition) is 2. The SMILES string of the molecule is CC1CN(c2nccc(C(=O)O)c2F)CCC1O. The summed E-state index contributed by atoms with van der Waals surface area (Å²) in [6.07, 6.45) is 1.42. The number of aromatic carboxylic acids is 1. The van der Waals surface area contributed by atoms with E-state index in [0.717, 1.165) is 6.07 Å². The first-order valence-corrected chi connectivity index (χ1v) is 5.81. The van der Waals surface area contributed by atoms with Crippen molar-refractivity contribution >= 4 is 11.8 Å². The molecule has 0 bridgehead atoms. The largest absolute Gasteiger partial charge is 0.478 e. The molecule has 0 radical (unpaired) electrons. The summed E-state index contributed by atoms with van der Waals surface area (Å²) < 4.78 is 14.0. The maximum absolute atomic E-state index is 14.0. The van der Waals surface area contributed by atoms with Crippen LogP contribution in [0.15, 0.2) is 12.3 Å². The van der Waals surface area contributed by atoms with E-state index in [1.165, 1.54) is 6.20 Å². The zero-order chi connectivity index (χ0) is 13.3. The second-order valence-electron chi connectivity index (χ2n) is 4.58. The van der Waals surface area contributed by atoms with Gasteiger partial charge in [0.15, 0.2) is 11.6 Å². The summed E-state index contributed by atoms with van der Waals surface area (Å²) in [5.74, 6) is -2.06. The maximum Gasteiger partial charge on any atom is 0.338 e. The molecule has 2 unspecified atom stereocenters. The molecule has 1 saturated heterocycles. The highest BCUT2D eigenvalue weighted by Gasteiger charge is 2.28. The number of aromatic nitrogens is 1. The fraction of sp³-hybridized carbons (Fsp3) is 0.500. The normalized spacial score (nSPS) is 24.1. The molecule has 0 amide bonds. The van der Waals surface area contributed by atoms with Gasteiger partial charge >= 0.3 is 5.97 Å². The van der Waals surface area contributed by atoms with Crippen molar-refractivity contribution in [1.29, 1.82) is 0 Å². The summed E-state index contributed by atoms with van der Waals surface area (Å²) >= 11 is 0. The zero-order valence-corrected chi connectivity index (χ0v) is 10.0. The molecule has 0 aromatic carbocycles. The van der Waals surface area contributed by atoms with Crippen molar-refractivity contribution in [2.75, 3.05) is 18.0 Å². The van der Waals surface area contributed by atoms with Crippen LogP contribution in [0.4, 0.5) is 10.2 Å². The molecule has 0 aliphatic carbocycles. The third-order valence-corrected chi connectivity index (χ3v) is 3.26. The van der Waals surface area contributed by atoms with Crippen LogP contribution in [0.3, 0.4) is 0 Å². The van der Waals surface area contributed by atoms with Gasteiger partial charge in [0.2, 0.25) is 0 Å². The van der Waals surface area contributed by atoms with Gasteiger partial charge in [-0.15, -0.1) is 0 Å². The van der Waals surface area contributed by atoms with Crippen LogP contribution < -0.4 is 4.90 Å². The molecule has 1 aromatic heterocycles. The molecule has 1 aliphatic rings. The third-order valence-electron chi connectivity index (χ3n) is 3.26. The number of piperidine rings is 1. The van der Waals surface area contributed by atoms with Crippen molar-refractivity contribution in [2.45, 2.75) is 19.4 Å². The Morgan fingerprint density at radius 3 is 2.94 bits per heavy atom. The second-order valence-corrected chi connectivity index (χ2v) is 4.58. The fourth-order valence-electron chi connectivity index (χ4n) is 2.14. The van der Waals surface area contributed by atoms with E-state index in [9.17, 15) is 14.3 Å². The molecule has 0 spiro atoms. The van der Waals surface area contributed by atoms with Gasteiger partial charge in [0.1, 0.15) is 5.56 Å². The fourth-order valence-corrected chi connectivity index (χ4v) is 2.14. The van der Waals surface area contributed by atoms with Crippen LogP contribution in [0, 0.1) is 11.7 Å². The number of carboxylic acids is 1. The third kappa shape index (κ3) is 2.28. The van der Waals surface area contributed by atoms with E-state index in [1.807, 2.05) is 6.92 Å². The van der Waals surface area contributed by atoms with Gasteiger partial charge in [0.05, 0.1) is 6.10 Å². The van der Waals surface area contributed by atoms with Gasteiger partial charge in [-0.1, -0.05) is 6.92 Å². The number of aliphatic hydroxyl groups is 1. The topological polar surface area (TPSA) is 73.7 Å². The van der Waals surface area contributed by atoms with Crippen LogP contribution >= 0.6 is 0 Å². The average Bonchev–Trinajstić information content (AvgIpc) is 2.33. The van der Waals surface area contributed by atoms with Crippen molar-refractivity contribution in [2.24, 2.45) is 5.92 Å². The van der Waals surface area contributed by atoms with E-state index < -0.39 is 17.9 Å². The Balaban J connectivity index is 2.29. The molecule has 0 saturated carbocycles. The lowest BCUT2D eigenvalue weighted by Crippen LogP contribution is -2.42. The lowest BCUT2D eigenvalue weighted by molar-refractivity contribution is 0.0691. The van der Waals surface area contributed by atoms with E-state index in [2.05, 4.69) is 4.98 Å². The molecule has 5 nitrogen and oxygen atoms in total. The summed E-state index contributed by atoms with van der Waals surface area (Å²) in [5, 5.41) is 18.5. The quantitative estimate of drug-likeness (QED) is 0.827. The van der Waals surface area contributed by atoms with Crippen molar-refractivity contribution in [3.63, 3.8) is 0 Å². The number of nitrogens with zero attached hydrogens (tertiary/aromatic N) is 2. The van der Waals surface area contributed by atoms with E-state index in [0.29, 0.717) is 19.5 Å². The molecular formula is C12H15FN2O3. The predicted molar refractivity (Wildman–Crippen MR) is 63.2 cm³/mol. The first-order valence-electron chi connectivity index (χ1n) is 5.81. The summed E-state index contributed by atoms with van der Waals surface area (Å²) in [4.78, 5) is 16.4. The van der Waals surface area contributed by atoms with Gasteiger partial charge < -0.3 is 15.1 Å². The minimum Gasteiger partial charge on any atom is -0.478 e. The van der Waals surface area contributed by atoms with Crippen molar-refractivity contribution < 1.29 is 19.4 Å². The number of anilines is 1. The first kappa shape index (κ1) is 12.8. The second kappa shape index (κ2) is 4.89. The number of carbonyl (C=O) groups is 1. The molecular weight excluding hydrogens is 239 g/mol. The summed E-state index contributed by atoms with van der Waals surface area (Å²) in [6, 6.07) is 1.14. The number of carboxylic acid groups (broad SMARTS) is 1. The number of pyridine rings is 1. The standard InChI is InChI=1S/C12H15FN2O3/c1-7-6-15(5-3-9(7)16)11-10(13)8(12(17)18)2-4-14-11/h2,4,7,9,16H,3,5-6H2,1H3,(H,17,18). The minimum absolute atomic E-state index is 0.00781. The van der Waals surface area contributed by atoms with Crippen molar-refractivity contribution in [3.05, 3.63) is 23.6 Å². The zero-order valence-electron chi connectivity index (χ0n) is 10.0. The molecule has 2 atom stereocenters. The smallest absolute Gasteiger partial charge is 0.338 e. The van der Waals surface area contributed by atoms with E-state index in [-0.39, 0.29) is 17.3 Å². The van der Waals surface area contributed by atoms with E-state index in [1.54, 1.807) is 4.90 Å². The Labute approximate surface area is 104 Å². The van der Waals surface area contributed by atoms with Gasteiger partial charge in [-0.3, -0.25) is 0 Å². The Hall–Kier alpha value is -1.69. The van der Waals surface area contributed by atoms with Crippen LogP contribution in [0.2, 0.25) is 0 Å². The van der Waals surface area contributed by atoms with Crippen LogP contribution in [-0.2, 0) is 0 Å². The Kier molecular flexibility index (Phi) is 3.47. The Morgan fingerprint density at radius 1 is 1.61 bits per heavy atom. The molecule has 1 fully saturated rings. The number of aliphatic hydroxyl groups excluding tert-OH is 1. The van der Waals surface area contributed by atoms with Gasteiger partial charge in [-0.25, -0.2) is 14.2 Å². The molecule has 1 aliphatic heterocycles. The average molecular weight is 254 g/mol. The van der Waals surface area contributed by atoms with Crippen LogP contribution in [0.1, 0.15) is 23.7 Å². The number of rotatable bonds is 2. The number of halogens is 1. The first-order chi connectivity index (χ1) is 8.50. The molecule has 98 valence electrons. The molecule has 2 rings (SSSR count). The van der Waals surface area contributed by atoms with Crippen LogP contribution in [0.25, 0.3) is 0 Å². The summed E-state index contributed by atoms with van der Waals surface area (Å²) in [5.41, 5.74) is -0.376. The van der Waals surface area contributed by atoms with Crippen molar-refractivity contribution in [1.82, 2.24) is 4.98 Å². The van der Waals surface area contributed by atoms with Crippen molar-refractivity contribution in [3.8, 4) is 0 Å². The highest BCUT2D eigenvalue weighted by molar-refractivity contribution is 5.88. The Morgan fingerprint density at radius 2 is 2.33 bits per heavy atom. The van der Waals surface area contributed by atoms with Gasteiger partial charge in [0, 0.05) is 19.3 Å². The highest BCUT2D eigenvalue weighted by Crippen LogP contribution is 2.25. The lowest BCUT2D eigenvalue weighted by atomic mass is 9.97. The highest BCUT2D eigenvalue weighted by atomic mass is 19.1. The number of hydrogen-bond acceptors (Lipinski definition) is 4. The predicted octanol–water partition coefficient (Wildman–Crippen LogP) is 1.13. The van der Waals surface area contributed by atoms with Gasteiger partial charge in [0.25, 0.3) is 0 Å². The Bertz CT molecular complexity index is 467. The van der Waals surface area contributed by atoms with Gasteiger partial charge in [-0.05, 0) is 18.4 Å². The molecule has 2 N–H and O–H groups in total.